The maximum absolute atomic E-state index is 16.4. The maximum Gasteiger partial charge on any atom is 0.319 e. The number of rotatable bonds is 5. The summed E-state index contributed by atoms with van der Waals surface area (Å²) >= 11 is 0. The van der Waals surface area contributed by atoms with Gasteiger partial charge in [0.2, 0.25) is 0 Å². The molecular weight excluding hydrogens is 512 g/mol. The normalized spacial score (nSPS) is 21.2. The van der Waals surface area contributed by atoms with Crippen molar-refractivity contribution in [3.63, 3.8) is 0 Å². The van der Waals surface area contributed by atoms with E-state index >= 15 is 4.39 Å². The fraction of sp³-hybridized carbons (Fsp3) is 0.452. The van der Waals surface area contributed by atoms with Crippen LogP contribution in [-0.2, 0) is 0 Å². The minimum absolute atomic E-state index is 0.0142. The Kier molecular flexibility index (Phi) is 6.51. The molecule has 7 rings (SSSR count). The van der Waals surface area contributed by atoms with Crippen molar-refractivity contribution in [3.8, 4) is 17.3 Å². The van der Waals surface area contributed by atoms with Gasteiger partial charge in [0.05, 0.1) is 17.0 Å². The first-order valence-corrected chi connectivity index (χ1v) is 14.4. The molecule has 4 aromatic rings. The second-order valence-electron chi connectivity index (χ2n) is 11.5. The Bertz CT molecular complexity index is 1570. The Morgan fingerprint density at radius 3 is 2.60 bits per heavy atom. The van der Waals surface area contributed by atoms with Crippen LogP contribution in [0.4, 0.5) is 14.6 Å². The third-order valence-corrected chi connectivity index (χ3v) is 8.98. The number of aliphatic hydroxyl groups excluding tert-OH is 1. The molecule has 0 radical (unpaired) electrons. The predicted molar refractivity (Wildman–Crippen MR) is 151 cm³/mol. The van der Waals surface area contributed by atoms with E-state index in [1.807, 2.05) is 4.90 Å². The van der Waals surface area contributed by atoms with E-state index in [2.05, 4.69) is 14.9 Å². The van der Waals surface area contributed by atoms with Crippen molar-refractivity contribution in [2.24, 2.45) is 0 Å². The molecule has 0 spiro atoms. The van der Waals surface area contributed by atoms with Gasteiger partial charge in [-0.05, 0) is 69.5 Å². The molecule has 0 saturated carbocycles. The number of anilines is 1. The average Bonchev–Trinajstić information content (AvgIpc) is 3.47. The number of aliphatic hydroxyl groups is 1. The second kappa shape index (κ2) is 10.2. The molecule has 7 nitrogen and oxygen atoms in total. The zero-order chi connectivity index (χ0) is 27.3. The molecule has 40 heavy (non-hydrogen) atoms. The van der Waals surface area contributed by atoms with E-state index in [0.717, 1.165) is 51.6 Å². The molecule has 1 unspecified atom stereocenters. The number of aromatic nitrogens is 3. The summed E-state index contributed by atoms with van der Waals surface area (Å²) in [6, 6.07) is 10.2. The fourth-order valence-electron chi connectivity index (χ4n) is 6.98. The van der Waals surface area contributed by atoms with Crippen LogP contribution in [0.25, 0.3) is 32.9 Å². The lowest BCUT2D eigenvalue weighted by Crippen LogP contribution is -2.43. The smallest absolute Gasteiger partial charge is 0.319 e. The van der Waals surface area contributed by atoms with Crippen LogP contribution in [0, 0.1) is 11.6 Å². The van der Waals surface area contributed by atoms with Crippen LogP contribution in [-0.4, -0.2) is 69.4 Å². The van der Waals surface area contributed by atoms with E-state index < -0.39 is 17.7 Å². The Hall–Kier alpha value is -3.43. The van der Waals surface area contributed by atoms with Gasteiger partial charge in [0.15, 0.2) is 5.82 Å². The first-order chi connectivity index (χ1) is 19.5. The molecule has 2 aromatic carbocycles. The summed E-state index contributed by atoms with van der Waals surface area (Å²) in [4.78, 5) is 18.3. The number of hydrogen-bond acceptors (Lipinski definition) is 7. The van der Waals surface area contributed by atoms with E-state index in [4.69, 9.17) is 9.72 Å². The first kappa shape index (κ1) is 25.5. The zero-order valence-corrected chi connectivity index (χ0v) is 22.5. The molecule has 3 saturated heterocycles. The van der Waals surface area contributed by atoms with Gasteiger partial charge in [-0.3, -0.25) is 9.88 Å². The zero-order valence-electron chi connectivity index (χ0n) is 22.5. The molecule has 3 fully saturated rings. The van der Waals surface area contributed by atoms with Gasteiger partial charge in [-0.2, -0.15) is 9.97 Å². The average molecular weight is 546 g/mol. The van der Waals surface area contributed by atoms with Crippen LogP contribution < -0.4 is 9.64 Å². The Balaban J connectivity index is 1.36. The van der Waals surface area contributed by atoms with E-state index in [9.17, 15) is 9.50 Å². The number of ether oxygens (including phenoxy) is 1. The van der Waals surface area contributed by atoms with E-state index in [1.165, 1.54) is 6.07 Å². The van der Waals surface area contributed by atoms with Crippen molar-refractivity contribution < 1.29 is 18.6 Å². The number of halogens is 2. The molecule has 208 valence electrons. The monoisotopic (exact) mass is 545 g/mol. The van der Waals surface area contributed by atoms with Crippen LogP contribution in [0.5, 0.6) is 6.01 Å². The molecule has 5 heterocycles. The Morgan fingerprint density at radius 2 is 1.77 bits per heavy atom. The van der Waals surface area contributed by atoms with Gasteiger partial charge in [-0.1, -0.05) is 30.3 Å². The van der Waals surface area contributed by atoms with Gasteiger partial charge < -0.3 is 14.7 Å². The molecule has 0 aliphatic carbocycles. The SMILES string of the molecule is OC1CCCCN(c2nc(OCC34CCCN3CCC4)nc3c(F)c(-c4cccc5cccc(F)c45)ncc23)C1. The van der Waals surface area contributed by atoms with E-state index in [-0.39, 0.29) is 22.8 Å². The summed E-state index contributed by atoms with van der Waals surface area (Å²) in [5.41, 5.74) is 0.476. The third-order valence-electron chi connectivity index (χ3n) is 8.98. The fourth-order valence-corrected chi connectivity index (χ4v) is 6.98. The second-order valence-corrected chi connectivity index (χ2v) is 11.5. The highest BCUT2D eigenvalue weighted by Crippen LogP contribution is 2.40. The number of hydrogen-bond donors (Lipinski definition) is 1. The quantitative estimate of drug-likeness (QED) is 0.356. The molecular formula is C31H33F2N5O2. The van der Waals surface area contributed by atoms with Crippen LogP contribution in [0.3, 0.4) is 0 Å². The number of pyridine rings is 1. The van der Waals surface area contributed by atoms with Crippen LogP contribution >= 0.6 is 0 Å². The van der Waals surface area contributed by atoms with Crippen LogP contribution in [0.15, 0.2) is 42.6 Å². The number of fused-ring (bicyclic) bond motifs is 3. The predicted octanol–water partition coefficient (Wildman–Crippen LogP) is 5.48. The summed E-state index contributed by atoms with van der Waals surface area (Å²) in [6.45, 7) is 3.67. The summed E-state index contributed by atoms with van der Waals surface area (Å²) in [5.74, 6) is -0.564. The van der Waals surface area contributed by atoms with Crippen molar-refractivity contribution in [3.05, 3.63) is 54.2 Å². The van der Waals surface area contributed by atoms with Crippen LogP contribution in [0.1, 0.15) is 44.9 Å². The molecule has 3 aliphatic rings. The molecule has 0 amide bonds. The maximum atomic E-state index is 16.4. The largest absolute Gasteiger partial charge is 0.461 e. The Labute approximate surface area is 231 Å². The molecule has 1 atom stereocenters. The molecule has 3 aliphatic heterocycles. The highest BCUT2D eigenvalue weighted by Gasteiger charge is 2.45. The van der Waals surface area contributed by atoms with Gasteiger partial charge in [-0.25, -0.2) is 8.78 Å². The van der Waals surface area contributed by atoms with Crippen molar-refractivity contribution in [2.75, 3.05) is 37.7 Å². The minimum Gasteiger partial charge on any atom is -0.461 e. The lowest BCUT2D eigenvalue weighted by Gasteiger charge is -2.31. The summed E-state index contributed by atoms with van der Waals surface area (Å²) in [5, 5.41) is 12.0. The molecule has 1 N–H and O–H groups in total. The van der Waals surface area contributed by atoms with E-state index in [1.54, 1.807) is 36.5 Å². The topological polar surface area (TPSA) is 74.6 Å². The van der Waals surface area contributed by atoms with Gasteiger partial charge >= 0.3 is 6.01 Å². The van der Waals surface area contributed by atoms with Crippen molar-refractivity contribution in [1.29, 1.82) is 0 Å². The van der Waals surface area contributed by atoms with E-state index in [0.29, 0.717) is 53.7 Å². The highest BCUT2D eigenvalue weighted by molar-refractivity contribution is 5.99. The first-order valence-electron chi connectivity index (χ1n) is 14.4. The lowest BCUT2D eigenvalue weighted by atomic mass is 9.95. The number of β-amino-alcohol motifs (C(OH)–C–C–N with tert-alkyl or cyclic N) is 1. The summed E-state index contributed by atoms with van der Waals surface area (Å²) in [6.07, 6.45) is 8.00. The van der Waals surface area contributed by atoms with Crippen molar-refractivity contribution in [2.45, 2.75) is 56.6 Å². The lowest BCUT2D eigenvalue weighted by molar-refractivity contribution is 0.108. The van der Waals surface area contributed by atoms with Crippen molar-refractivity contribution in [1.82, 2.24) is 19.9 Å². The summed E-state index contributed by atoms with van der Waals surface area (Å²) in [7, 11) is 0. The van der Waals surface area contributed by atoms with Crippen LogP contribution in [0.2, 0.25) is 0 Å². The Morgan fingerprint density at radius 1 is 0.975 bits per heavy atom. The highest BCUT2D eigenvalue weighted by atomic mass is 19.1. The van der Waals surface area contributed by atoms with Gasteiger partial charge in [0, 0.05) is 30.2 Å². The number of benzene rings is 2. The summed E-state index contributed by atoms with van der Waals surface area (Å²) < 4.78 is 37.7. The van der Waals surface area contributed by atoms with Gasteiger partial charge in [-0.15, -0.1) is 0 Å². The molecule has 0 bridgehead atoms. The van der Waals surface area contributed by atoms with Gasteiger partial charge in [0.1, 0.15) is 29.5 Å². The third kappa shape index (κ3) is 4.36. The standard InChI is InChI=1S/C31H33F2N5O2/c32-24-11-4-8-20-7-3-10-22(25(20)24)27-26(33)28-23(17-34-27)29(37-14-2-1-9-21(39)18-37)36-30(35-28)40-19-31-12-5-15-38(31)16-6-13-31/h3-4,7-8,10-11,17,21,39H,1-2,5-6,9,12-16,18-19H2. The molecule has 2 aromatic heterocycles. The van der Waals surface area contributed by atoms with Crippen molar-refractivity contribution >= 4 is 27.5 Å². The minimum atomic E-state index is -0.640. The van der Waals surface area contributed by atoms with Gasteiger partial charge in [0.25, 0.3) is 0 Å². The number of nitrogens with zero attached hydrogens (tertiary/aromatic N) is 5. The molecule has 9 heteroatoms.